The Morgan fingerprint density at radius 3 is 3.06 bits per heavy atom. The molecule has 0 saturated heterocycles. The van der Waals surface area contributed by atoms with Gasteiger partial charge in [-0.25, -0.2) is 9.98 Å². The fraction of sp³-hybridized carbons (Fsp3) is 0.455. The molecule has 0 amide bonds. The molecule has 3 N–H and O–H groups in total. The van der Waals surface area contributed by atoms with E-state index in [0.29, 0.717) is 12.5 Å². The lowest BCUT2D eigenvalue weighted by Gasteiger charge is -2.04. The van der Waals surface area contributed by atoms with Crippen LogP contribution in [0.15, 0.2) is 33.1 Å². The molecule has 0 radical (unpaired) electrons. The number of hydrogen-bond acceptors (Lipinski definition) is 4. The van der Waals surface area contributed by atoms with E-state index in [9.17, 15) is 0 Å². The van der Waals surface area contributed by atoms with Crippen LogP contribution >= 0.6 is 47.1 Å². The number of nitrogens with two attached hydrogens (primary N) is 1. The predicted molar refractivity (Wildman–Crippen MR) is 92.2 cm³/mol. The van der Waals surface area contributed by atoms with Gasteiger partial charge in [0.1, 0.15) is 4.34 Å². The third-order valence-electron chi connectivity index (χ3n) is 1.78. The lowest BCUT2D eigenvalue weighted by atomic mass is 10.4. The van der Waals surface area contributed by atoms with E-state index >= 15 is 0 Å². The van der Waals surface area contributed by atoms with Crippen molar-refractivity contribution in [3.63, 3.8) is 0 Å². The van der Waals surface area contributed by atoms with Gasteiger partial charge in [0.05, 0.1) is 6.54 Å². The first-order chi connectivity index (χ1) is 8.18. The van der Waals surface area contributed by atoms with Gasteiger partial charge in [-0.2, -0.15) is 0 Å². The number of hydrogen-bond donors (Lipinski definition) is 2. The maximum Gasteiger partial charge on any atom is 0.188 e. The number of aromatic nitrogens is 1. The number of guanidine groups is 1. The molecular formula is C11H19IN4S2. The molecule has 0 aliphatic heterocycles. The predicted octanol–water partition coefficient (Wildman–Crippen LogP) is 2.72. The van der Waals surface area contributed by atoms with Gasteiger partial charge in [-0.05, 0) is 13.3 Å². The van der Waals surface area contributed by atoms with Gasteiger partial charge >= 0.3 is 0 Å². The Morgan fingerprint density at radius 2 is 2.44 bits per heavy atom. The van der Waals surface area contributed by atoms with Crippen LogP contribution in [0, 0.1) is 0 Å². The van der Waals surface area contributed by atoms with Gasteiger partial charge in [0, 0.05) is 23.9 Å². The Bertz CT molecular complexity index is 365. The number of halogens is 1. The lowest BCUT2D eigenvalue weighted by molar-refractivity contribution is 0.835. The first-order valence-electron chi connectivity index (χ1n) is 5.39. The van der Waals surface area contributed by atoms with Crippen molar-refractivity contribution >= 4 is 53.0 Å². The molecule has 4 nitrogen and oxygen atoms in total. The van der Waals surface area contributed by atoms with Gasteiger partial charge in [-0.15, -0.1) is 35.3 Å². The van der Waals surface area contributed by atoms with Gasteiger partial charge < -0.3 is 11.1 Å². The van der Waals surface area contributed by atoms with Crippen molar-refractivity contribution in [3.8, 4) is 0 Å². The normalized spacial score (nSPS) is 10.8. The van der Waals surface area contributed by atoms with E-state index in [1.807, 2.05) is 18.5 Å². The molecular weight excluding hydrogens is 379 g/mol. The van der Waals surface area contributed by atoms with Crippen molar-refractivity contribution in [1.82, 2.24) is 10.3 Å². The van der Waals surface area contributed by atoms with E-state index in [4.69, 9.17) is 5.73 Å². The van der Waals surface area contributed by atoms with E-state index in [1.54, 1.807) is 23.1 Å². The Morgan fingerprint density at radius 1 is 1.67 bits per heavy atom. The molecule has 7 heteroatoms. The highest BCUT2D eigenvalue weighted by molar-refractivity contribution is 14.0. The largest absolute Gasteiger partial charge is 0.370 e. The van der Waals surface area contributed by atoms with Crippen molar-refractivity contribution in [1.29, 1.82) is 0 Å². The fourth-order valence-corrected chi connectivity index (χ4v) is 2.65. The van der Waals surface area contributed by atoms with E-state index in [0.717, 1.165) is 28.6 Å². The quantitative estimate of drug-likeness (QED) is 0.185. The summed E-state index contributed by atoms with van der Waals surface area (Å²) in [6, 6.07) is 0. The molecule has 1 aromatic rings. The number of thiazole rings is 1. The van der Waals surface area contributed by atoms with Crippen molar-refractivity contribution in [3.05, 3.63) is 23.7 Å². The van der Waals surface area contributed by atoms with E-state index < -0.39 is 0 Å². The molecule has 0 unspecified atom stereocenters. The highest BCUT2D eigenvalue weighted by Gasteiger charge is 1.96. The highest BCUT2D eigenvalue weighted by Crippen LogP contribution is 2.20. The molecule has 0 fully saturated rings. The minimum Gasteiger partial charge on any atom is -0.370 e. The summed E-state index contributed by atoms with van der Waals surface area (Å²) in [5.74, 6) is 1.53. The van der Waals surface area contributed by atoms with Crippen LogP contribution in [0.4, 0.5) is 0 Å². The molecule has 1 aromatic heterocycles. The van der Waals surface area contributed by atoms with Crippen LogP contribution in [-0.2, 0) is 0 Å². The zero-order chi connectivity index (χ0) is 12.5. The fourth-order valence-electron chi connectivity index (χ4n) is 1.01. The molecule has 0 atom stereocenters. The second kappa shape index (κ2) is 10.6. The van der Waals surface area contributed by atoms with E-state index in [2.05, 4.69) is 21.9 Å². The van der Waals surface area contributed by atoms with Crippen LogP contribution in [0.3, 0.4) is 0 Å². The number of thioether (sulfide) groups is 1. The van der Waals surface area contributed by atoms with Crippen molar-refractivity contribution < 1.29 is 0 Å². The monoisotopic (exact) mass is 398 g/mol. The van der Waals surface area contributed by atoms with Gasteiger partial charge in [-0.3, -0.25) is 0 Å². The second-order valence-corrected chi connectivity index (χ2v) is 5.82. The molecule has 0 saturated carbocycles. The van der Waals surface area contributed by atoms with Crippen LogP contribution in [-0.4, -0.2) is 29.8 Å². The van der Waals surface area contributed by atoms with Crippen LogP contribution in [0.2, 0.25) is 0 Å². The van der Waals surface area contributed by atoms with Gasteiger partial charge in [0.2, 0.25) is 0 Å². The molecule has 18 heavy (non-hydrogen) atoms. The summed E-state index contributed by atoms with van der Waals surface area (Å²) in [5, 5.41) is 5.06. The zero-order valence-electron chi connectivity index (χ0n) is 10.4. The molecule has 102 valence electrons. The summed E-state index contributed by atoms with van der Waals surface area (Å²) >= 11 is 3.44. The number of nitrogens with one attached hydrogen (secondary N) is 1. The summed E-state index contributed by atoms with van der Waals surface area (Å²) in [6.45, 7) is 7.12. The Balaban J connectivity index is 0.00000289. The lowest BCUT2D eigenvalue weighted by Crippen LogP contribution is -2.32. The summed E-state index contributed by atoms with van der Waals surface area (Å²) in [7, 11) is 0. The smallest absolute Gasteiger partial charge is 0.188 e. The van der Waals surface area contributed by atoms with Crippen LogP contribution in [0.5, 0.6) is 0 Å². The van der Waals surface area contributed by atoms with Crippen LogP contribution < -0.4 is 11.1 Å². The third kappa shape index (κ3) is 8.76. The zero-order valence-corrected chi connectivity index (χ0v) is 14.4. The Hall–Kier alpha value is -0.280. The molecule has 1 rings (SSSR count). The molecule has 0 aliphatic carbocycles. The number of aliphatic imine (C=N–C) groups is 1. The van der Waals surface area contributed by atoms with Gasteiger partial charge in [0.25, 0.3) is 0 Å². The van der Waals surface area contributed by atoms with Crippen molar-refractivity contribution in [2.45, 2.75) is 17.7 Å². The number of rotatable bonds is 7. The van der Waals surface area contributed by atoms with Crippen LogP contribution in [0.25, 0.3) is 0 Å². The van der Waals surface area contributed by atoms with E-state index in [-0.39, 0.29) is 24.0 Å². The molecule has 0 spiro atoms. The van der Waals surface area contributed by atoms with E-state index in [1.165, 1.54) is 0 Å². The summed E-state index contributed by atoms with van der Waals surface area (Å²) in [6.07, 6.45) is 2.86. The van der Waals surface area contributed by atoms with Crippen molar-refractivity contribution in [2.24, 2.45) is 10.7 Å². The number of nitrogens with zero attached hydrogens (tertiary/aromatic N) is 2. The minimum absolute atomic E-state index is 0. The maximum absolute atomic E-state index is 5.68. The molecule has 1 heterocycles. The average molecular weight is 398 g/mol. The second-order valence-electron chi connectivity index (χ2n) is 3.59. The van der Waals surface area contributed by atoms with Gasteiger partial charge in [-0.1, -0.05) is 23.9 Å². The van der Waals surface area contributed by atoms with Gasteiger partial charge in [0.15, 0.2) is 5.96 Å². The molecule has 0 aliphatic rings. The minimum atomic E-state index is 0. The molecule has 0 bridgehead atoms. The topological polar surface area (TPSA) is 63.3 Å². The third-order valence-corrected chi connectivity index (χ3v) is 3.83. The standard InChI is InChI=1S/C11H18N4S2.HI/c1-9(2)8-15-10(12)13-4-3-6-16-11-14-5-7-17-11;/h5,7H,1,3-4,6,8H2,2H3,(H3,12,13,15);1H. The summed E-state index contributed by atoms with van der Waals surface area (Å²) < 4.78 is 1.12. The van der Waals surface area contributed by atoms with Crippen molar-refractivity contribution in [2.75, 3.05) is 18.8 Å². The SMILES string of the molecule is C=C(C)CN=C(N)NCCCSc1nccs1.I. The maximum atomic E-state index is 5.68. The Labute approximate surface area is 134 Å². The first kappa shape index (κ1) is 17.7. The average Bonchev–Trinajstić information content (AvgIpc) is 2.79. The Kier molecular flexibility index (Phi) is 10.5. The van der Waals surface area contributed by atoms with Crippen LogP contribution in [0.1, 0.15) is 13.3 Å². The summed E-state index contributed by atoms with van der Waals surface area (Å²) in [5.41, 5.74) is 6.69. The highest BCUT2D eigenvalue weighted by atomic mass is 127. The summed E-state index contributed by atoms with van der Waals surface area (Å²) in [4.78, 5) is 8.34. The first-order valence-corrected chi connectivity index (χ1v) is 7.25. The molecule has 0 aromatic carbocycles.